The molecule has 2 aromatic heterocycles. The third kappa shape index (κ3) is 3.97. The normalized spacial score (nSPS) is 17.8. The maximum absolute atomic E-state index is 12.6. The highest BCUT2D eigenvalue weighted by atomic mass is 35.5. The minimum absolute atomic E-state index is 0.200. The highest BCUT2D eigenvalue weighted by Gasteiger charge is 2.45. The second-order valence-corrected chi connectivity index (χ2v) is 9.95. The Bertz CT molecular complexity index is 1330. The van der Waals surface area contributed by atoms with Crippen molar-refractivity contribution in [2.45, 2.75) is 26.2 Å². The minimum Gasteiger partial charge on any atom is -0.370 e. The van der Waals surface area contributed by atoms with Gasteiger partial charge in [0, 0.05) is 56.6 Å². The molecule has 2 saturated heterocycles. The Balaban J connectivity index is 1.59. The average Bonchev–Trinajstić information content (AvgIpc) is 3.41. The number of carbonyl (C=O) groups excluding carboxylic acids is 1. The van der Waals surface area contributed by atoms with E-state index in [4.69, 9.17) is 16.6 Å². The zero-order valence-corrected chi connectivity index (χ0v) is 21.3. The second kappa shape index (κ2) is 9.04. The molecule has 0 saturated carbocycles. The summed E-state index contributed by atoms with van der Waals surface area (Å²) >= 11 is 7.14. The first-order valence-electron chi connectivity index (χ1n) is 12.0. The van der Waals surface area contributed by atoms with E-state index in [0.717, 1.165) is 72.3 Å². The highest BCUT2D eigenvalue weighted by Crippen LogP contribution is 2.46. The molecule has 3 aromatic rings. The molecular formula is C27H31ClN6O. The van der Waals surface area contributed by atoms with E-state index in [1.165, 1.54) is 0 Å². The fourth-order valence-corrected chi connectivity index (χ4v) is 5.75. The van der Waals surface area contributed by atoms with Crippen LogP contribution in [0.1, 0.15) is 26.2 Å². The summed E-state index contributed by atoms with van der Waals surface area (Å²) in [5.41, 5.74) is 4.81. The molecule has 1 N–H and O–H groups in total. The van der Waals surface area contributed by atoms with Crippen molar-refractivity contribution in [3.8, 4) is 11.1 Å². The van der Waals surface area contributed by atoms with Crippen LogP contribution in [0.25, 0.3) is 22.0 Å². The van der Waals surface area contributed by atoms with E-state index in [0.29, 0.717) is 10.8 Å². The molecule has 1 aromatic carbocycles. The van der Waals surface area contributed by atoms with Crippen LogP contribution in [0, 0.1) is 5.41 Å². The summed E-state index contributed by atoms with van der Waals surface area (Å²) in [6.45, 7) is 8.12. The smallest absolute Gasteiger partial charge is 0.226 e. The molecule has 7 nitrogen and oxygen atoms in total. The fourth-order valence-electron chi connectivity index (χ4n) is 5.35. The van der Waals surface area contributed by atoms with Gasteiger partial charge >= 0.3 is 0 Å². The van der Waals surface area contributed by atoms with E-state index in [-0.39, 0.29) is 11.3 Å². The molecule has 0 atom stereocenters. The van der Waals surface area contributed by atoms with Gasteiger partial charge in [-0.1, -0.05) is 30.3 Å². The number of nitrogens with one attached hydrogen (secondary N) is 1. The Morgan fingerprint density at radius 2 is 2.03 bits per heavy atom. The summed E-state index contributed by atoms with van der Waals surface area (Å²) in [4.78, 5) is 21.7. The summed E-state index contributed by atoms with van der Waals surface area (Å²) in [7, 11) is 3.90. The number of aromatic nitrogens is 3. The maximum atomic E-state index is 12.6. The van der Waals surface area contributed by atoms with Gasteiger partial charge in [-0.05, 0) is 50.0 Å². The molecule has 4 heterocycles. The van der Waals surface area contributed by atoms with Crippen LogP contribution in [0.2, 0.25) is 5.02 Å². The van der Waals surface area contributed by atoms with Gasteiger partial charge in [-0.2, -0.15) is 5.10 Å². The SMILES string of the molecule is C=CC=C(C)N(C)c1ncc(-c2ccc3c(cnn3C)c2)c(N2CCC3(CCNC3=O)CC2)c1Cl. The second-order valence-electron chi connectivity index (χ2n) is 9.58. The van der Waals surface area contributed by atoms with Crippen molar-refractivity contribution in [1.82, 2.24) is 20.1 Å². The van der Waals surface area contributed by atoms with Gasteiger partial charge in [-0.3, -0.25) is 9.48 Å². The molecule has 5 rings (SSSR count). The largest absolute Gasteiger partial charge is 0.370 e. The maximum Gasteiger partial charge on any atom is 0.226 e. The molecule has 2 fully saturated rings. The topological polar surface area (TPSA) is 66.3 Å². The number of carbonyl (C=O) groups is 1. The minimum atomic E-state index is -0.242. The molecule has 2 aliphatic heterocycles. The molecule has 0 unspecified atom stereocenters. The number of halogens is 1. The summed E-state index contributed by atoms with van der Waals surface area (Å²) in [6, 6.07) is 6.32. The van der Waals surface area contributed by atoms with Gasteiger partial charge in [0.15, 0.2) is 5.82 Å². The molecule has 8 heteroatoms. The number of benzene rings is 1. The number of amides is 1. The Morgan fingerprint density at radius 3 is 2.71 bits per heavy atom. The van der Waals surface area contributed by atoms with Crippen molar-refractivity contribution >= 4 is 39.9 Å². The summed E-state index contributed by atoms with van der Waals surface area (Å²) in [5.74, 6) is 0.896. The van der Waals surface area contributed by atoms with Gasteiger partial charge < -0.3 is 15.1 Å². The van der Waals surface area contributed by atoms with E-state index < -0.39 is 0 Å². The number of rotatable bonds is 5. The van der Waals surface area contributed by atoms with Crippen molar-refractivity contribution in [3.05, 3.63) is 60.0 Å². The van der Waals surface area contributed by atoms with Crippen LogP contribution < -0.4 is 15.1 Å². The first kappa shape index (κ1) is 23.4. The number of allylic oxidation sites excluding steroid dienone is 3. The quantitative estimate of drug-likeness (QED) is 0.514. The number of hydrogen-bond donors (Lipinski definition) is 1. The lowest BCUT2D eigenvalue weighted by Crippen LogP contribution is -2.44. The third-order valence-electron chi connectivity index (χ3n) is 7.65. The summed E-state index contributed by atoms with van der Waals surface area (Å²) < 4.78 is 1.87. The lowest BCUT2D eigenvalue weighted by atomic mass is 9.77. The average molecular weight is 491 g/mol. The van der Waals surface area contributed by atoms with Crippen LogP contribution in [0.3, 0.4) is 0 Å². The standard InChI is InChI=1S/C27H31ClN6O/c1-5-6-18(2)32(3)25-23(28)24(34-13-10-27(11-14-34)9-12-29-26(27)35)21(17-30-25)19-7-8-22-20(15-19)16-31-33(22)4/h5-8,15-17H,1,9-14H2,2-4H3,(H,29,35). The molecule has 1 amide bonds. The number of nitrogens with zero attached hydrogens (tertiary/aromatic N) is 5. The number of aryl methyl sites for hydroxylation is 1. The van der Waals surface area contributed by atoms with Crippen molar-refractivity contribution < 1.29 is 4.79 Å². The Labute approximate surface area is 211 Å². The monoisotopic (exact) mass is 490 g/mol. The molecule has 0 radical (unpaired) electrons. The predicted octanol–water partition coefficient (Wildman–Crippen LogP) is 4.92. The van der Waals surface area contributed by atoms with Crippen LogP contribution in [-0.2, 0) is 11.8 Å². The van der Waals surface area contributed by atoms with Crippen LogP contribution in [0.15, 0.2) is 55.0 Å². The molecule has 0 aliphatic carbocycles. The zero-order chi connectivity index (χ0) is 24.7. The molecular weight excluding hydrogens is 460 g/mol. The van der Waals surface area contributed by atoms with Crippen molar-refractivity contribution in [1.29, 1.82) is 0 Å². The van der Waals surface area contributed by atoms with Gasteiger partial charge in [0.25, 0.3) is 0 Å². The number of piperidine rings is 1. The van der Waals surface area contributed by atoms with Crippen LogP contribution in [-0.4, -0.2) is 47.4 Å². The number of pyridine rings is 1. The molecule has 2 aliphatic rings. The molecule has 182 valence electrons. The van der Waals surface area contributed by atoms with Gasteiger partial charge in [0.05, 0.1) is 22.8 Å². The van der Waals surface area contributed by atoms with Gasteiger partial charge in [0.1, 0.15) is 5.02 Å². The number of hydrogen-bond acceptors (Lipinski definition) is 5. The molecule has 35 heavy (non-hydrogen) atoms. The number of anilines is 2. The first-order chi connectivity index (χ1) is 16.8. The van der Waals surface area contributed by atoms with Crippen LogP contribution in [0.5, 0.6) is 0 Å². The van der Waals surface area contributed by atoms with E-state index in [1.807, 2.05) is 49.1 Å². The van der Waals surface area contributed by atoms with Crippen molar-refractivity contribution in [2.24, 2.45) is 12.5 Å². The van der Waals surface area contributed by atoms with E-state index in [9.17, 15) is 4.79 Å². The van der Waals surface area contributed by atoms with E-state index >= 15 is 0 Å². The first-order valence-corrected chi connectivity index (χ1v) is 12.4. The third-order valence-corrected chi connectivity index (χ3v) is 7.99. The van der Waals surface area contributed by atoms with Gasteiger partial charge in [-0.15, -0.1) is 0 Å². The Hall–Kier alpha value is -3.32. The van der Waals surface area contributed by atoms with Crippen LogP contribution >= 0.6 is 11.6 Å². The molecule has 0 bridgehead atoms. The fraction of sp³-hybridized carbons (Fsp3) is 0.370. The van der Waals surface area contributed by atoms with Gasteiger partial charge in [0.2, 0.25) is 5.91 Å². The van der Waals surface area contributed by atoms with E-state index in [1.54, 1.807) is 6.08 Å². The highest BCUT2D eigenvalue weighted by molar-refractivity contribution is 6.36. The van der Waals surface area contributed by atoms with Crippen molar-refractivity contribution in [2.75, 3.05) is 36.5 Å². The summed E-state index contributed by atoms with van der Waals surface area (Å²) in [6.07, 6.45) is 10.0. The molecule has 1 spiro atoms. The summed E-state index contributed by atoms with van der Waals surface area (Å²) in [5, 5.41) is 9.10. The van der Waals surface area contributed by atoms with Gasteiger partial charge in [-0.25, -0.2) is 4.98 Å². The Morgan fingerprint density at radius 1 is 1.26 bits per heavy atom. The zero-order valence-electron chi connectivity index (χ0n) is 20.5. The lowest BCUT2D eigenvalue weighted by molar-refractivity contribution is -0.128. The Kier molecular flexibility index (Phi) is 6.05. The lowest BCUT2D eigenvalue weighted by Gasteiger charge is -2.40. The van der Waals surface area contributed by atoms with E-state index in [2.05, 4.69) is 40.1 Å². The van der Waals surface area contributed by atoms with Crippen LogP contribution in [0.4, 0.5) is 11.5 Å². The van der Waals surface area contributed by atoms with Crippen molar-refractivity contribution in [3.63, 3.8) is 0 Å². The number of fused-ring (bicyclic) bond motifs is 1. The predicted molar refractivity (Wildman–Crippen MR) is 143 cm³/mol.